The number of nitro groups is 1. The summed E-state index contributed by atoms with van der Waals surface area (Å²) < 4.78 is 0. The highest BCUT2D eigenvalue weighted by molar-refractivity contribution is 5.78. The van der Waals surface area contributed by atoms with Crippen LogP contribution in [0.2, 0.25) is 0 Å². The fraction of sp³-hybridized carbons (Fsp3) is 0.588. The second-order valence-corrected chi connectivity index (χ2v) is 6.80. The molecule has 2 aliphatic rings. The molecule has 0 aromatic heterocycles. The molecule has 0 unspecified atom stereocenters. The van der Waals surface area contributed by atoms with Crippen molar-refractivity contribution in [3.63, 3.8) is 0 Å². The number of fused-ring (bicyclic) bond motifs is 2. The molecule has 2 saturated carbocycles. The second-order valence-electron chi connectivity index (χ2n) is 6.80. The number of nitrogens with zero attached hydrogens (tertiary/aromatic N) is 1. The molecule has 1 aromatic rings. The maximum Gasteiger partial charge on any atom is 0.269 e. The molecular formula is C17H22N2O3. The molecular weight excluding hydrogens is 280 g/mol. The zero-order valence-electron chi connectivity index (χ0n) is 12.8. The van der Waals surface area contributed by atoms with Gasteiger partial charge >= 0.3 is 0 Å². The van der Waals surface area contributed by atoms with Crippen molar-refractivity contribution < 1.29 is 9.72 Å². The predicted molar refractivity (Wildman–Crippen MR) is 83.3 cm³/mol. The van der Waals surface area contributed by atoms with E-state index in [0.717, 1.165) is 17.4 Å². The Morgan fingerprint density at radius 2 is 2.05 bits per heavy atom. The summed E-state index contributed by atoms with van der Waals surface area (Å²) in [4.78, 5) is 22.3. The largest absolute Gasteiger partial charge is 0.353 e. The number of carbonyl (C=O) groups excluding carboxylic acids is 1. The summed E-state index contributed by atoms with van der Waals surface area (Å²) in [5.74, 6) is 2.30. The molecule has 22 heavy (non-hydrogen) atoms. The van der Waals surface area contributed by atoms with Crippen LogP contribution in [0.4, 0.5) is 5.69 Å². The molecule has 0 aliphatic heterocycles. The van der Waals surface area contributed by atoms with E-state index in [-0.39, 0.29) is 24.1 Å². The summed E-state index contributed by atoms with van der Waals surface area (Å²) in [6.07, 6.45) is 5.56. The Labute approximate surface area is 130 Å². The smallest absolute Gasteiger partial charge is 0.269 e. The average Bonchev–Trinajstić information content (AvgIpc) is 3.10. The Balaban J connectivity index is 1.52. The van der Waals surface area contributed by atoms with Crippen molar-refractivity contribution in [2.24, 2.45) is 17.8 Å². The number of rotatable bonds is 5. The second kappa shape index (κ2) is 6.07. The van der Waals surface area contributed by atoms with Gasteiger partial charge in [0.1, 0.15) is 0 Å². The minimum atomic E-state index is -0.430. The lowest BCUT2D eigenvalue weighted by Crippen LogP contribution is -2.40. The Hall–Kier alpha value is -1.91. The van der Waals surface area contributed by atoms with Crippen LogP contribution in [0.15, 0.2) is 24.3 Å². The predicted octanol–water partition coefficient (Wildman–Crippen LogP) is 3.08. The van der Waals surface area contributed by atoms with Crippen molar-refractivity contribution in [3.8, 4) is 0 Å². The zero-order valence-corrected chi connectivity index (χ0v) is 12.8. The van der Waals surface area contributed by atoms with Crippen LogP contribution >= 0.6 is 0 Å². The Morgan fingerprint density at radius 1 is 1.32 bits per heavy atom. The minimum absolute atomic E-state index is 0.00382. The van der Waals surface area contributed by atoms with Crippen molar-refractivity contribution >= 4 is 11.6 Å². The third-order valence-corrected chi connectivity index (χ3v) is 5.34. The van der Waals surface area contributed by atoms with Crippen LogP contribution in [0.25, 0.3) is 0 Å². The van der Waals surface area contributed by atoms with Gasteiger partial charge in [0.15, 0.2) is 0 Å². The van der Waals surface area contributed by atoms with Crippen LogP contribution in [0, 0.1) is 27.9 Å². The van der Waals surface area contributed by atoms with Gasteiger partial charge < -0.3 is 5.32 Å². The van der Waals surface area contributed by atoms with E-state index in [1.807, 2.05) is 0 Å². The van der Waals surface area contributed by atoms with Gasteiger partial charge in [-0.1, -0.05) is 18.6 Å². The third-order valence-electron chi connectivity index (χ3n) is 5.34. The number of carbonyl (C=O) groups is 1. The van der Waals surface area contributed by atoms with Crippen molar-refractivity contribution in [1.82, 2.24) is 5.32 Å². The van der Waals surface area contributed by atoms with Gasteiger partial charge in [0.2, 0.25) is 5.91 Å². The van der Waals surface area contributed by atoms with Crippen molar-refractivity contribution in [3.05, 3.63) is 39.9 Å². The molecule has 5 nitrogen and oxygen atoms in total. The number of non-ortho nitro benzene ring substituents is 1. The van der Waals surface area contributed by atoms with E-state index in [1.165, 1.54) is 37.8 Å². The molecule has 0 radical (unpaired) electrons. The van der Waals surface area contributed by atoms with Crippen molar-refractivity contribution in [2.45, 2.75) is 45.1 Å². The molecule has 0 heterocycles. The van der Waals surface area contributed by atoms with Crippen LogP contribution in [0.5, 0.6) is 0 Å². The quantitative estimate of drug-likeness (QED) is 0.671. The van der Waals surface area contributed by atoms with Crippen LogP contribution < -0.4 is 5.32 Å². The normalized spacial score (nSPS) is 27.6. The molecule has 1 amide bonds. The van der Waals surface area contributed by atoms with Gasteiger partial charge in [-0.05, 0) is 49.5 Å². The summed E-state index contributed by atoms with van der Waals surface area (Å²) in [7, 11) is 0. The number of nitro benzene ring substituents is 1. The molecule has 1 N–H and O–H groups in total. The maximum atomic E-state index is 12.2. The molecule has 0 saturated heterocycles. The molecule has 4 atom stereocenters. The van der Waals surface area contributed by atoms with E-state index in [4.69, 9.17) is 0 Å². The first-order valence-corrected chi connectivity index (χ1v) is 8.05. The van der Waals surface area contributed by atoms with E-state index in [1.54, 1.807) is 12.1 Å². The first kappa shape index (κ1) is 15.0. The molecule has 2 bridgehead atoms. The van der Waals surface area contributed by atoms with Crippen molar-refractivity contribution in [2.75, 3.05) is 0 Å². The zero-order chi connectivity index (χ0) is 15.7. The first-order chi connectivity index (χ1) is 10.5. The number of benzene rings is 1. The van der Waals surface area contributed by atoms with Gasteiger partial charge in [-0.3, -0.25) is 14.9 Å². The maximum absolute atomic E-state index is 12.2. The van der Waals surface area contributed by atoms with E-state index in [2.05, 4.69) is 12.2 Å². The van der Waals surface area contributed by atoms with E-state index >= 15 is 0 Å². The molecule has 2 fully saturated rings. The summed E-state index contributed by atoms with van der Waals surface area (Å²) in [5.41, 5.74) is 0.864. The number of nitrogens with one attached hydrogen (secondary N) is 1. The number of hydrogen-bond acceptors (Lipinski definition) is 3. The summed E-state index contributed by atoms with van der Waals surface area (Å²) in [6.45, 7) is 2.11. The van der Waals surface area contributed by atoms with Crippen LogP contribution in [0.3, 0.4) is 0 Å². The highest BCUT2D eigenvalue weighted by Gasteiger charge is 2.42. The van der Waals surface area contributed by atoms with Crippen LogP contribution in [-0.2, 0) is 11.2 Å². The van der Waals surface area contributed by atoms with Crippen LogP contribution in [0.1, 0.15) is 38.2 Å². The monoisotopic (exact) mass is 302 g/mol. The van der Waals surface area contributed by atoms with Gasteiger partial charge in [-0.15, -0.1) is 0 Å². The standard InChI is InChI=1S/C17H22N2O3/c1-11(16-9-13-2-5-14(16)8-13)18-17(20)10-12-3-6-15(7-4-12)19(21)22/h3-4,6-7,11,13-14,16H,2,5,8-10H2,1H3,(H,18,20)/t11-,13-,14-,16-/m1/s1. The van der Waals surface area contributed by atoms with E-state index < -0.39 is 4.92 Å². The van der Waals surface area contributed by atoms with E-state index in [9.17, 15) is 14.9 Å². The van der Waals surface area contributed by atoms with Crippen molar-refractivity contribution in [1.29, 1.82) is 0 Å². The summed E-state index contributed by atoms with van der Waals surface area (Å²) in [6, 6.07) is 6.42. The molecule has 2 aliphatic carbocycles. The lowest BCUT2D eigenvalue weighted by molar-refractivity contribution is -0.384. The summed E-state index contributed by atoms with van der Waals surface area (Å²) in [5, 5.41) is 13.7. The van der Waals surface area contributed by atoms with Gasteiger partial charge in [0, 0.05) is 18.2 Å². The minimum Gasteiger partial charge on any atom is -0.353 e. The summed E-state index contributed by atoms with van der Waals surface area (Å²) >= 11 is 0. The molecule has 0 spiro atoms. The van der Waals surface area contributed by atoms with Gasteiger partial charge in [-0.2, -0.15) is 0 Å². The number of hydrogen-bond donors (Lipinski definition) is 1. The Kier molecular flexibility index (Phi) is 4.14. The molecule has 1 aromatic carbocycles. The highest BCUT2D eigenvalue weighted by atomic mass is 16.6. The number of amides is 1. The molecule has 5 heteroatoms. The Morgan fingerprint density at radius 3 is 2.59 bits per heavy atom. The average molecular weight is 302 g/mol. The van der Waals surface area contributed by atoms with Gasteiger partial charge in [-0.25, -0.2) is 0 Å². The molecule has 118 valence electrons. The fourth-order valence-corrected chi connectivity index (χ4v) is 4.24. The topological polar surface area (TPSA) is 72.2 Å². The van der Waals surface area contributed by atoms with Gasteiger partial charge in [0.05, 0.1) is 11.3 Å². The Bertz CT molecular complexity index is 570. The lowest BCUT2D eigenvalue weighted by Gasteiger charge is -2.28. The van der Waals surface area contributed by atoms with E-state index in [0.29, 0.717) is 5.92 Å². The van der Waals surface area contributed by atoms with Crippen LogP contribution in [-0.4, -0.2) is 16.9 Å². The first-order valence-electron chi connectivity index (χ1n) is 8.05. The SMILES string of the molecule is C[C@@H](NC(=O)Cc1ccc([N+](=O)[O-])cc1)[C@H]1C[C@@H]2CC[C@@H]1C2. The lowest BCUT2D eigenvalue weighted by atomic mass is 9.84. The highest BCUT2D eigenvalue weighted by Crippen LogP contribution is 2.49. The molecule has 3 rings (SSSR count). The fourth-order valence-electron chi connectivity index (χ4n) is 4.24. The van der Waals surface area contributed by atoms with Gasteiger partial charge in [0.25, 0.3) is 5.69 Å². The third kappa shape index (κ3) is 3.13.